The van der Waals surface area contributed by atoms with E-state index in [1.54, 1.807) is 6.20 Å². The standard InChI is InChI=1S/C20H27N5O/c1-13-6-19(12-22)7-14(2)9-20(8-13,11-19)25-17(15(10-21)18(23)26)16-4-3-5-24-16/h3-5,10,13-15,21,24H,6-9,11H2,1-2H3,(H2,23,26). The Hall–Kier alpha value is -2.42. The zero-order chi connectivity index (χ0) is 18.9. The summed E-state index contributed by atoms with van der Waals surface area (Å²) >= 11 is 0. The van der Waals surface area contributed by atoms with E-state index in [4.69, 9.17) is 16.1 Å². The van der Waals surface area contributed by atoms with Gasteiger partial charge in [-0.2, -0.15) is 5.26 Å². The first-order chi connectivity index (χ1) is 12.3. The quantitative estimate of drug-likeness (QED) is 0.705. The van der Waals surface area contributed by atoms with Crippen LogP contribution in [0.25, 0.3) is 0 Å². The largest absolute Gasteiger partial charge is 0.369 e. The molecule has 2 fully saturated rings. The number of carbonyl (C=O) groups is 1. The number of aliphatic imine (C=N–C) groups is 1. The van der Waals surface area contributed by atoms with Gasteiger partial charge >= 0.3 is 0 Å². The zero-order valence-electron chi connectivity index (χ0n) is 15.5. The third kappa shape index (κ3) is 3.31. The molecular formula is C20H27N5O. The lowest BCUT2D eigenvalue weighted by Gasteiger charge is -2.52. The van der Waals surface area contributed by atoms with Crippen LogP contribution in [0, 0.1) is 39.9 Å². The van der Waals surface area contributed by atoms with Gasteiger partial charge in [-0.05, 0) is 56.1 Å². The summed E-state index contributed by atoms with van der Waals surface area (Å²) in [5.74, 6) is -0.647. The van der Waals surface area contributed by atoms with Crippen molar-refractivity contribution in [1.82, 2.24) is 4.98 Å². The maximum absolute atomic E-state index is 12.0. The molecule has 0 saturated heterocycles. The Labute approximate surface area is 154 Å². The number of H-pyrrole nitrogens is 1. The second-order valence-corrected chi connectivity index (χ2v) is 8.45. The predicted molar refractivity (Wildman–Crippen MR) is 101 cm³/mol. The fourth-order valence-electron chi connectivity index (χ4n) is 5.46. The van der Waals surface area contributed by atoms with E-state index in [1.165, 1.54) is 0 Å². The summed E-state index contributed by atoms with van der Waals surface area (Å²) in [5.41, 5.74) is 6.08. The molecule has 0 radical (unpaired) electrons. The van der Waals surface area contributed by atoms with E-state index in [9.17, 15) is 10.1 Å². The summed E-state index contributed by atoms with van der Waals surface area (Å²) in [6.45, 7) is 4.37. The number of hydrogen-bond donors (Lipinski definition) is 3. The Morgan fingerprint density at radius 1 is 1.42 bits per heavy atom. The van der Waals surface area contributed by atoms with Crippen LogP contribution in [0.5, 0.6) is 0 Å². The maximum Gasteiger partial charge on any atom is 0.232 e. The van der Waals surface area contributed by atoms with E-state index in [0.717, 1.165) is 38.3 Å². The van der Waals surface area contributed by atoms with Crippen molar-refractivity contribution in [3.05, 3.63) is 24.0 Å². The topological polar surface area (TPSA) is 119 Å². The molecule has 1 aromatic rings. The molecule has 1 amide bonds. The van der Waals surface area contributed by atoms with Crippen molar-refractivity contribution < 1.29 is 4.79 Å². The van der Waals surface area contributed by atoms with Crippen LogP contribution in [0.4, 0.5) is 0 Å². The number of amides is 1. The number of carbonyl (C=O) groups excluding carboxylic acids is 1. The van der Waals surface area contributed by atoms with Crippen molar-refractivity contribution in [2.75, 3.05) is 0 Å². The summed E-state index contributed by atoms with van der Waals surface area (Å²) in [4.78, 5) is 20.2. The Balaban J connectivity index is 2.11. The van der Waals surface area contributed by atoms with Crippen molar-refractivity contribution in [3.8, 4) is 6.07 Å². The Morgan fingerprint density at radius 3 is 2.54 bits per heavy atom. The molecule has 2 aliphatic rings. The Kier molecular flexibility index (Phi) is 4.74. The average molecular weight is 353 g/mol. The van der Waals surface area contributed by atoms with E-state index in [-0.39, 0.29) is 11.0 Å². The molecule has 6 nitrogen and oxygen atoms in total. The third-order valence-electron chi connectivity index (χ3n) is 5.84. The molecule has 1 heterocycles. The molecule has 1 aromatic heterocycles. The van der Waals surface area contributed by atoms with Gasteiger partial charge in [0.2, 0.25) is 5.91 Å². The van der Waals surface area contributed by atoms with Crippen LogP contribution in [0.1, 0.15) is 51.6 Å². The number of nitrogens with two attached hydrogens (primary N) is 1. The van der Waals surface area contributed by atoms with Crippen molar-refractivity contribution in [3.63, 3.8) is 0 Å². The summed E-state index contributed by atoms with van der Waals surface area (Å²) in [6, 6.07) is 6.29. The fourth-order valence-corrected chi connectivity index (χ4v) is 5.46. The van der Waals surface area contributed by atoms with Gasteiger partial charge in [-0.3, -0.25) is 9.79 Å². The number of nitriles is 1. The van der Waals surface area contributed by atoms with Gasteiger partial charge in [0.1, 0.15) is 5.92 Å². The van der Waals surface area contributed by atoms with Gasteiger partial charge in [-0.1, -0.05) is 13.8 Å². The van der Waals surface area contributed by atoms with Gasteiger partial charge in [-0.25, -0.2) is 0 Å². The molecule has 0 spiro atoms. The minimum Gasteiger partial charge on any atom is -0.369 e. The summed E-state index contributed by atoms with van der Waals surface area (Å²) in [5, 5.41) is 17.6. The molecule has 26 heavy (non-hydrogen) atoms. The number of aromatic amines is 1. The van der Waals surface area contributed by atoms with Gasteiger partial charge in [0.15, 0.2) is 0 Å². The highest BCUT2D eigenvalue weighted by Crippen LogP contribution is 2.56. The first kappa shape index (κ1) is 18.4. The fraction of sp³-hybridized carbons (Fsp3) is 0.600. The molecule has 6 heteroatoms. The van der Waals surface area contributed by atoms with Gasteiger partial charge < -0.3 is 16.1 Å². The molecular weight excluding hydrogens is 326 g/mol. The van der Waals surface area contributed by atoms with Gasteiger partial charge in [0, 0.05) is 12.4 Å². The van der Waals surface area contributed by atoms with E-state index in [0.29, 0.717) is 23.2 Å². The van der Waals surface area contributed by atoms with Crippen LogP contribution < -0.4 is 5.73 Å². The molecule has 2 saturated carbocycles. The summed E-state index contributed by atoms with van der Waals surface area (Å²) in [7, 11) is 0. The smallest absolute Gasteiger partial charge is 0.232 e. The third-order valence-corrected chi connectivity index (χ3v) is 5.84. The monoisotopic (exact) mass is 353 g/mol. The van der Waals surface area contributed by atoms with Gasteiger partial charge in [-0.15, -0.1) is 0 Å². The summed E-state index contributed by atoms with van der Waals surface area (Å²) < 4.78 is 0. The number of nitrogens with zero attached hydrogens (tertiary/aromatic N) is 2. The average Bonchev–Trinajstić information content (AvgIpc) is 3.07. The SMILES string of the molecule is CC1CC2(C#N)CC(C)CC(N=C(c3ccc[nH]3)C(C=N)C(N)=O)(C1)C2. The minimum atomic E-state index is -0.867. The molecule has 3 atom stereocenters. The zero-order valence-corrected chi connectivity index (χ0v) is 15.5. The van der Waals surface area contributed by atoms with E-state index in [1.807, 2.05) is 12.1 Å². The highest BCUT2D eigenvalue weighted by molar-refractivity contribution is 6.20. The molecule has 0 aromatic carbocycles. The number of primary amides is 1. The van der Waals surface area contributed by atoms with Crippen LogP contribution in [0.3, 0.4) is 0 Å². The second-order valence-electron chi connectivity index (χ2n) is 8.45. The number of hydrogen-bond acceptors (Lipinski definition) is 4. The van der Waals surface area contributed by atoms with Crippen molar-refractivity contribution in [2.45, 2.75) is 51.5 Å². The maximum atomic E-state index is 12.0. The van der Waals surface area contributed by atoms with Crippen molar-refractivity contribution in [2.24, 2.45) is 33.9 Å². The van der Waals surface area contributed by atoms with Crippen LogP contribution in [0.2, 0.25) is 0 Å². The number of fused-ring (bicyclic) bond motifs is 2. The Morgan fingerprint density at radius 2 is 2.08 bits per heavy atom. The first-order valence-electron chi connectivity index (χ1n) is 9.27. The lowest BCUT2D eigenvalue weighted by molar-refractivity contribution is -0.118. The van der Waals surface area contributed by atoms with Gasteiger partial charge in [0.05, 0.1) is 28.4 Å². The first-order valence-corrected chi connectivity index (χ1v) is 9.27. The molecule has 4 N–H and O–H groups in total. The van der Waals surface area contributed by atoms with Crippen LogP contribution in [-0.4, -0.2) is 28.4 Å². The minimum absolute atomic E-state index is 0.341. The van der Waals surface area contributed by atoms with E-state index < -0.39 is 11.8 Å². The van der Waals surface area contributed by atoms with Crippen molar-refractivity contribution >= 4 is 17.8 Å². The predicted octanol–water partition coefficient (Wildman–Crippen LogP) is 3.05. The van der Waals surface area contributed by atoms with Crippen LogP contribution in [-0.2, 0) is 4.79 Å². The van der Waals surface area contributed by atoms with Crippen molar-refractivity contribution in [1.29, 1.82) is 10.7 Å². The molecule has 2 aliphatic carbocycles. The number of rotatable bonds is 5. The highest BCUT2D eigenvalue weighted by atomic mass is 16.1. The van der Waals surface area contributed by atoms with E-state index in [2.05, 4.69) is 24.9 Å². The molecule has 0 aliphatic heterocycles. The molecule has 138 valence electrons. The second kappa shape index (κ2) is 6.71. The Bertz CT molecular complexity index is 744. The van der Waals surface area contributed by atoms with E-state index >= 15 is 0 Å². The molecule has 3 rings (SSSR count). The number of aromatic nitrogens is 1. The normalized spacial score (nSPS) is 35.3. The lowest BCUT2D eigenvalue weighted by atomic mass is 9.54. The van der Waals surface area contributed by atoms with Gasteiger partial charge in [0.25, 0.3) is 0 Å². The highest BCUT2D eigenvalue weighted by Gasteiger charge is 2.53. The lowest BCUT2D eigenvalue weighted by Crippen LogP contribution is -2.50. The number of nitrogens with one attached hydrogen (secondary N) is 2. The van der Waals surface area contributed by atoms with Crippen LogP contribution >= 0.6 is 0 Å². The molecule has 3 unspecified atom stereocenters. The summed E-state index contributed by atoms with van der Waals surface area (Å²) in [6.07, 6.45) is 7.17. The molecule has 2 bridgehead atoms. The van der Waals surface area contributed by atoms with Crippen LogP contribution in [0.15, 0.2) is 23.3 Å².